The predicted octanol–water partition coefficient (Wildman–Crippen LogP) is 4.78. The van der Waals surface area contributed by atoms with E-state index in [1.165, 1.54) is 11.8 Å². The number of aromatic nitrogens is 2. The molecular weight excluding hydrogens is 648 g/mol. The Labute approximate surface area is 309 Å². The van der Waals surface area contributed by atoms with Crippen LogP contribution in [0.5, 0.6) is 11.5 Å². The summed E-state index contributed by atoms with van der Waals surface area (Å²) in [6.45, 7) is 0.658. The number of rotatable bonds is 12. The summed E-state index contributed by atoms with van der Waals surface area (Å²) in [6, 6.07) is 43.7. The molecule has 7 aromatic rings. The number of carbonyl (C=O) groups excluding carboxylic acids is 1. The number of benzene rings is 4. The van der Waals surface area contributed by atoms with Gasteiger partial charge in [-0.15, -0.1) is 23.1 Å². The topological polar surface area (TPSA) is 84.4 Å². The average molecular weight is 677 g/mol. The number of ether oxygens (including phenoxy) is 2. The number of carboxylic acid groups (broad SMARTS) is 1. The monoisotopic (exact) mass is 676 g/mol. The first-order chi connectivity index (χ1) is 23.1. The van der Waals surface area contributed by atoms with Crippen molar-refractivity contribution in [3.8, 4) is 11.5 Å². The fraction of sp³-hybridized carbons (Fsp3) is 0.103. The molecular formula is C39H29N2NaO4S2. The van der Waals surface area contributed by atoms with Crippen LogP contribution < -0.4 is 44.1 Å². The van der Waals surface area contributed by atoms with Crippen LogP contribution >= 0.6 is 23.1 Å². The minimum absolute atomic E-state index is 0. The molecule has 0 N–H and O–H groups in total. The summed E-state index contributed by atoms with van der Waals surface area (Å²) in [6.07, 6.45) is 0. The van der Waals surface area contributed by atoms with Crippen LogP contribution in [0.1, 0.15) is 27.4 Å². The van der Waals surface area contributed by atoms with Crippen molar-refractivity contribution in [3.05, 3.63) is 166 Å². The van der Waals surface area contributed by atoms with E-state index in [4.69, 9.17) is 19.4 Å². The zero-order chi connectivity index (χ0) is 32.1. The van der Waals surface area contributed by atoms with Crippen molar-refractivity contribution in [2.75, 3.05) is 5.75 Å². The van der Waals surface area contributed by atoms with Gasteiger partial charge in [-0.2, -0.15) is 0 Å². The van der Waals surface area contributed by atoms with E-state index in [0.717, 1.165) is 49.2 Å². The van der Waals surface area contributed by atoms with Gasteiger partial charge < -0.3 is 19.4 Å². The molecule has 0 spiro atoms. The third-order valence-corrected chi connectivity index (χ3v) is 10.5. The second-order valence-electron chi connectivity index (χ2n) is 10.9. The molecule has 3 aromatic heterocycles. The minimum Gasteiger partial charge on any atom is -0.549 e. The Morgan fingerprint density at radius 1 is 0.646 bits per heavy atom. The fourth-order valence-corrected chi connectivity index (χ4v) is 7.93. The number of carbonyl (C=O) groups is 1. The van der Waals surface area contributed by atoms with Gasteiger partial charge >= 0.3 is 29.6 Å². The van der Waals surface area contributed by atoms with Crippen molar-refractivity contribution < 1.29 is 48.9 Å². The Morgan fingerprint density at radius 3 is 1.60 bits per heavy atom. The number of carboxylic acids is 1. The van der Waals surface area contributed by atoms with Crippen molar-refractivity contribution in [3.63, 3.8) is 0 Å². The van der Waals surface area contributed by atoms with Crippen molar-refractivity contribution in [1.29, 1.82) is 0 Å². The normalized spacial score (nSPS) is 11.2. The minimum atomic E-state index is -1.12. The smallest absolute Gasteiger partial charge is 0.549 e. The van der Waals surface area contributed by atoms with Crippen LogP contribution in [0, 0.1) is 0 Å². The van der Waals surface area contributed by atoms with E-state index in [0.29, 0.717) is 24.7 Å². The predicted molar refractivity (Wildman–Crippen MR) is 187 cm³/mol. The van der Waals surface area contributed by atoms with Gasteiger partial charge in [0.25, 0.3) is 0 Å². The van der Waals surface area contributed by atoms with E-state index in [1.54, 1.807) is 11.3 Å². The maximum Gasteiger partial charge on any atom is 1.00 e. The Kier molecular flexibility index (Phi) is 10.8. The van der Waals surface area contributed by atoms with Crippen molar-refractivity contribution in [2.24, 2.45) is 0 Å². The summed E-state index contributed by atoms with van der Waals surface area (Å²) in [7, 11) is 0. The van der Waals surface area contributed by atoms with E-state index in [2.05, 4.69) is 0 Å². The molecule has 0 aliphatic rings. The Bertz CT molecular complexity index is 2010. The van der Waals surface area contributed by atoms with Crippen LogP contribution in [0.2, 0.25) is 0 Å². The summed E-state index contributed by atoms with van der Waals surface area (Å²) in [5, 5.41) is 16.0. The van der Waals surface area contributed by atoms with Gasteiger partial charge in [-0.25, -0.2) is 9.97 Å². The Hall–Kier alpha value is -4.18. The number of aliphatic carboxylic acids is 1. The standard InChI is InChI=1S/C39H30N2O4S2.Na/c42-38(43)26-47-39(37-10-5-23-46-37,29-13-19-33(20-14-29)44-24-31-17-11-27-6-1-3-8-35(27)40-31)30-15-21-34(22-16-30)45-25-32-18-12-28-7-2-4-9-36(28)41-32;/h1-23H,24-26H2,(H,42,43);/q;+1/p-1. The zero-order valence-electron chi connectivity index (χ0n) is 26.2. The second-order valence-corrected chi connectivity index (χ2v) is 13.1. The maximum absolute atomic E-state index is 11.8. The molecule has 0 bridgehead atoms. The van der Waals surface area contributed by atoms with Crippen LogP contribution in [-0.2, 0) is 22.8 Å². The van der Waals surface area contributed by atoms with Crippen molar-refractivity contribution in [2.45, 2.75) is 18.0 Å². The Morgan fingerprint density at radius 2 is 1.15 bits per heavy atom. The summed E-state index contributed by atoms with van der Waals surface area (Å²) < 4.78 is 11.4. The van der Waals surface area contributed by atoms with Gasteiger partial charge in [-0.05, 0) is 71.1 Å². The molecule has 0 saturated carbocycles. The average Bonchev–Trinajstić information content (AvgIpc) is 3.66. The van der Waals surface area contributed by atoms with Gasteiger partial charge in [0.15, 0.2) is 0 Å². The summed E-state index contributed by atoms with van der Waals surface area (Å²) in [5.74, 6) is 0.0800. The molecule has 232 valence electrons. The van der Waals surface area contributed by atoms with Crippen LogP contribution in [0.4, 0.5) is 0 Å². The SMILES string of the molecule is O=C([O-])CSC(c1ccc(OCc2ccc3ccccc3n2)cc1)(c1ccc(OCc2ccc3ccccc3n2)cc1)c1cccs1.[Na+]. The molecule has 9 heteroatoms. The van der Waals surface area contributed by atoms with Crippen LogP contribution in [0.3, 0.4) is 0 Å². The van der Waals surface area contributed by atoms with Crippen molar-refractivity contribution >= 4 is 50.9 Å². The van der Waals surface area contributed by atoms with Crippen LogP contribution in [-0.4, -0.2) is 21.7 Å². The van der Waals surface area contributed by atoms with E-state index >= 15 is 0 Å². The molecule has 0 aliphatic heterocycles. The van der Waals surface area contributed by atoms with E-state index in [-0.39, 0.29) is 35.3 Å². The molecule has 0 aliphatic carbocycles. The van der Waals surface area contributed by atoms with Gasteiger partial charge in [0, 0.05) is 21.4 Å². The van der Waals surface area contributed by atoms with E-state index in [1.807, 2.05) is 139 Å². The third-order valence-electron chi connectivity index (χ3n) is 7.88. The molecule has 0 saturated heterocycles. The number of hydrogen-bond donors (Lipinski definition) is 0. The van der Waals surface area contributed by atoms with E-state index < -0.39 is 10.7 Å². The van der Waals surface area contributed by atoms with Crippen LogP contribution in [0.15, 0.2) is 139 Å². The number of thiophene rings is 1. The quantitative estimate of drug-likeness (QED) is 0.172. The van der Waals surface area contributed by atoms with Gasteiger partial charge in [0.05, 0.1) is 28.4 Å². The number of fused-ring (bicyclic) bond motifs is 2. The number of thioether (sulfide) groups is 1. The first kappa shape index (κ1) is 33.7. The molecule has 0 atom stereocenters. The largest absolute Gasteiger partial charge is 1.00 e. The van der Waals surface area contributed by atoms with Gasteiger partial charge in [-0.3, -0.25) is 0 Å². The number of para-hydroxylation sites is 2. The molecule has 0 amide bonds. The molecule has 6 nitrogen and oxygen atoms in total. The third kappa shape index (κ3) is 7.43. The first-order valence-electron chi connectivity index (χ1n) is 15.1. The van der Waals surface area contributed by atoms with Gasteiger partial charge in [0.2, 0.25) is 0 Å². The van der Waals surface area contributed by atoms with Crippen LogP contribution in [0.25, 0.3) is 21.8 Å². The molecule has 3 heterocycles. The number of pyridine rings is 2. The van der Waals surface area contributed by atoms with Crippen molar-refractivity contribution in [1.82, 2.24) is 9.97 Å². The molecule has 0 radical (unpaired) electrons. The van der Waals surface area contributed by atoms with E-state index in [9.17, 15) is 9.90 Å². The summed E-state index contributed by atoms with van der Waals surface area (Å²) in [4.78, 5) is 22.2. The molecule has 0 unspecified atom stereocenters. The maximum atomic E-state index is 11.8. The summed E-state index contributed by atoms with van der Waals surface area (Å²) in [5.41, 5.74) is 5.38. The fourth-order valence-electron chi connectivity index (χ4n) is 5.60. The second kappa shape index (κ2) is 15.4. The molecule has 0 fully saturated rings. The van der Waals surface area contributed by atoms with Gasteiger partial charge in [0.1, 0.15) is 29.5 Å². The number of hydrogen-bond acceptors (Lipinski definition) is 8. The molecule has 48 heavy (non-hydrogen) atoms. The molecule has 7 rings (SSSR count). The zero-order valence-corrected chi connectivity index (χ0v) is 29.9. The molecule has 4 aromatic carbocycles. The summed E-state index contributed by atoms with van der Waals surface area (Å²) >= 11 is 2.91. The first-order valence-corrected chi connectivity index (χ1v) is 17.0. The number of nitrogens with zero attached hydrogens (tertiary/aromatic N) is 2. The van der Waals surface area contributed by atoms with Gasteiger partial charge in [-0.1, -0.05) is 78.9 Å². The Balaban J connectivity index is 0.00000401.